The van der Waals surface area contributed by atoms with Crippen molar-refractivity contribution < 1.29 is 19.1 Å². The van der Waals surface area contributed by atoms with Crippen molar-refractivity contribution in [1.29, 1.82) is 5.26 Å². The van der Waals surface area contributed by atoms with E-state index in [4.69, 9.17) is 9.47 Å². The Kier molecular flexibility index (Phi) is 7.60. The van der Waals surface area contributed by atoms with Gasteiger partial charge in [0.2, 0.25) is 0 Å². The normalized spacial score (nSPS) is 14.0. The molecule has 0 aliphatic carbocycles. The molecular formula is C22H20BrN3O4. The van der Waals surface area contributed by atoms with Gasteiger partial charge >= 0.3 is 0 Å². The summed E-state index contributed by atoms with van der Waals surface area (Å²) in [5.74, 6) is -0.0639. The number of amides is 2. The van der Waals surface area contributed by atoms with Crippen molar-refractivity contribution in [2.45, 2.75) is 0 Å². The van der Waals surface area contributed by atoms with E-state index in [1.807, 2.05) is 18.2 Å². The molecule has 0 radical (unpaired) electrons. The Morgan fingerprint density at radius 1 is 1.13 bits per heavy atom. The number of nitrogens with zero attached hydrogens (tertiary/aromatic N) is 2. The number of hydrogen-bond acceptors (Lipinski definition) is 5. The molecule has 0 atom stereocenters. The van der Waals surface area contributed by atoms with Crippen LogP contribution < -0.4 is 10.1 Å². The van der Waals surface area contributed by atoms with Crippen LogP contribution in [0.4, 0.5) is 5.69 Å². The largest absolute Gasteiger partial charge is 0.484 e. The van der Waals surface area contributed by atoms with Crippen LogP contribution in [0.2, 0.25) is 0 Å². The van der Waals surface area contributed by atoms with E-state index in [1.54, 1.807) is 47.4 Å². The third kappa shape index (κ3) is 6.17. The van der Waals surface area contributed by atoms with Gasteiger partial charge in [0.15, 0.2) is 6.61 Å². The van der Waals surface area contributed by atoms with Crippen molar-refractivity contribution in [3.05, 3.63) is 64.1 Å². The van der Waals surface area contributed by atoms with Gasteiger partial charge in [-0.2, -0.15) is 5.26 Å². The molecule has 1 aliphatic rings. The predicted molar refractivity (Wildman–Crippen MR) is 116 cm³/mol. The summed E-state index contributed by atoms with van der Waals surface area (Å²) in [4.78, 5) is 26.1. The third-order valence-corrected chi connectivity index (χ3v) is 4.87. The monoisotopic (exact) mass is 469 g/mol. The molecule has 0 saturated carbocycles. The average Bonchev–Trinajstić information content (AvgIpc) is 2.78. The van der Waals surface area contributed by atoms with Crippen molar-refractivity contribution in [2.75, 3.05) is 38.2 Å². The molecule has 2 aromatic rings. The van der Waals surface area contributed by atoms with E-state index in [-0.39, 0.29) is 24.0 Å². The minimum absolute atomic E-state index is 0.0689. The Morgan fingerprint density at radius 2 is 1.80 bits per heavy atom. The van der Waals surface area contributed by atoms with E-state index >= 15 is 0 Å². The maximum absolute atomic E-state index is 12.5. The number of ether oxygens (including phenoxy) is 2. The number of morpholine rings is 1. The lowest BCUT2D eigenvalue weighted by Crippen LogP contribution is -2.41. The first-order valence-electron chi connectivity index (χ1n) is 9.32. The second-order valence-corrected chi connectivity index (χ2v) is 7.40. The Morgan fingerprint density at radius 3 is 2.43 bits per heavy atom. The minimum atomic E-state index is -0.300. The highest BCUT2D eigenvalue weighted by molar-refractivity contribution is 9.10. The highest BCUT2D eigenvalue weighted by Crippen LogP contribution is 2.17. The van der Waals surface area contributed by atoms with Crippen LogP contribution in [0.25, 0.3) is 6.08 Å². The van der Waals surface area contributed by atoms with Gasteiger partial charge in [-0.05, 0) is 48.0 Å². The Labute approximate surface area is 183 Å². The maximum Gasteiger partial charge on any atom is 0.264 e. The number of nitrogens with one attached hydrogen (secondary N) is 1. The van der Waals surface area contributed by atoms with Gasteiger partial charge in [0.1, 0.15) is 17.4 Å². The van der Waals surface area contributed by atoms with Crippen molar-refractivity contribution in [3.8, 4) is 11.8 Å². The van der Waals surface area contributed by atoms with Crippen LogP contribution in [0.3, 0.4) is 0 Å². The first-order valence-corrected chi connectivity index (χ1v) is 10.1. The van der Waals surface area contributed by atoms with Gasteiger partial charge in [0, 0.05) is 23.2 Å². The zero-order valence-electron chi connectivity index (χ0n) is 16.1. The van der Waals surface area contributed by atoms with E-state index in [0.29, 0.717) is 43.3 Å². The van der Waals surface area contributed by atoms with Crippen molar-refractivity contribution in [3.63, 3.8) is 0 Å². The van der Waals surface area contributed by atoms with E-state index in [0.717, 1.165) is 4.47 Å². The molecule has 0 bridgehead atoms. The van der Waals surface area contributed by atoms with Crippen molar-refractivity contribution in [1.82, 2.24) is 4.90 Å². The highest BCUT2D eigenvalue weighted by Gasteiger charge is 2.20. The number of nitriles is 1. The second-order valence-electron chi connectivity index (χ2n) is 6.49. The van der Waals surface area contributed by atoms with Crippen LogP contribution in [-0.2, 0) is 14.3 Å². The van der Waals surface area contributed by atoms with Crippen LogP contribution in [0.1, 0.15) is 5.56 Å². The summed E-state index contributed by atoms with van der Waals surface area (Å²) in [5, 5.41) is 12.1. The fraction of sp³-hybridized carbons (Fsp3) is 0.227. The molecule has 1 aliphatic heterocycles. The summed E-state index contributed by atoms with van der Waals surface area (Å²) in [5.41, 5.74) is 1.44. The number of carbonyl (C=O) groups excluding carboxylic acids is 2. The first-order chi connectivity index (χ1) is 14.5. The van der Waals surface area contributed by atoms with Gasteiger partial charge in [-0.15, -0.1) is 0 Å². The van der Waals surface area contributed by atoms with Gasteiger partial charge < -0.3 is 19.7 Å². The molecule has 1 fully saturated rings. The smallest absolute Gasteiger partial charge is 0.264 e. The number of benzene rings is 2. The number of carbonyl (C=O) groups is 2. The quantitative estimate of drug-likeness (QED) is 0.517. The minimum Gasteiger partial charge on any atom is -0.484 e. The van der Waals surface area contributed by atoms with Crippen LogP contribution in [0.5, 0.6) is 5.75 Å². The van der Waals surface area contributed by atoms with E-state index in [1.165, 1.54) is 0 Å². The maximum atomic E-state index is 12.5. The molecule has 154 valence electrons. The lowest BCUT2D eigenvalue weighted by Gasteiger charge is -2.26. The molecule has 2 aromatic carbocycles. The molecular weight excluding hydrogens is 450 g/mol. The van der Waals surface area contributed by atoms with Gasteiger partial charge in [-0.3, -0.25) is 9.59 Å². The third-order valence-electron chi connectivity index (χ3n) is 4.34. The average molecular weight is 470 g/mol. The molecule has 1 N–H and O–H groups in total. The van der Waals surface area contributed by atoms with Crippen LogP contribution in [0.15, 0.2) is 58.6 Å². The van der Waals surface area contributed by atoms with E-state index in [9.17, 15) is 14.9 Å². The van der Waals surface area contributed by atoms with Crippen molar-refractivity contribution >= 4 is 39.5 Å². The molecule has 7 nitrogen and oxygen atoms in total. The summed E-state index contributed by atoms with van der Waals surface area (Å²) in [7, 11) is 0. The summed E-state index contributed by atoms with van der Waals surface area (Å²) in [6, 6.07) is 16.0. The molecule has 0 unspecified atom stereocenters. The molecule has 3 rings (SSSR count). The lowest BCUT2D eigenvalue weighted by molar-refractivity contribution is -0.130. The van der Waals surface area contributed by atoms with Gasteiger partial charge in [0.05, 0.1) is 13.2 Å². The zero-order chi connectivity index (χ0) is 21.3. The number of anilines is 1. The summed E-state index contributed by atoms with van der Waals surface area (Å²) in [6.45, 7) is 1.78. The predicted octanol–water partition coefficient (Wildman–Crippen LogP) is 3.23. The van der Waals surface area contributed by atoms with E-state index in [2.05, 4.69) is 21.2 Å². The molecule has 2 amide bonds. The van der Waals surface area contributed by atoms with Gasteiger partial charge in [-0.25, -0.2) is 0 Å². The molecule has 1 heterocycles. The molecule has 30 heavy (non-hydrogen) atoms. The summed E-state index contributed by atoms with van der Waals surface area (Å²) < 4.78 is 11.7. The standard InChI is InChI=1S/C22H20BrN3O4/c23-18-3-5-19(6-4-18)25-21(27)15-30-20-7-1-16(2-8-20)13-17(14-24)22(28)26-9-11-29-12-10-26/h1-8,13H,9-12,15H2,(H,25,27)/b17-13+. The summed E-state index contributed by atoms with van der Waals surface area (Å²) in [6.07, 6.45) is 1.54. The highest BCUT2D eigenvalue weighted by atomic mass is 79.9. The van der Waals surface area contributed by atoms with Crippen LogP contribution in [-0.4, -0.2) is 49.6 Å². The van der Waals surface area contributed by atoms with Gasteiger partial charge in [-0.1, -0.05) is 28.1 Å². The second kappa shape index (κ2) is 10.6. The topological polar surface area (TPSA) is 91.7 Å². The molecule has 0 aromatic heterocycles. The van der Waals surface area contributed by atoms with Crippen molar-refractivity contribution in [2.24, 2.45) is 0 Å². The lowest BCUT2D eigenvalue weighted by atomic mass is 10.1. The SMILES string of the molecule is N#C/C(=C\c1ccc(OCC(=O)Nc2ccc(Br)cc2)cc1)C(=O)N1CCOCC1. The fourth-order valence-electron chi connectivity index (χ4n) is 2.78. The van der Waals surface area contributed by atoms with E-state index < -0.39 is 0 Å². The molecule has 1 saturated heterocycles. The molecule has 0 spiro atoms. The number of hydrogen-bond donors (Lipinski definition) is 1. The Hall–Kier alpha value is -3.15. The first kappa shape index (κ1) is 21.6. The number of rotatable bonds is 6. The fourth-order valence-corrected chi connectivity index (χ4v) is 3.05. The Balaban J connectivity index is 1.55. The summed E-state index contributed by atoms with van der Waals surface area (Å²) >= 11 is 3.34. The van der Waals surface area contributed by atoms with Crippen LogP contribution in [0, 0.1) is 11.3 Å². The number of halogens is 1. The van der Waals surface area contributed by atoms with Gasteiger partial charge in [0.25, 0.3) is 11.8 Å². The Bertz CT molecular complexity index is 959. The zero-order valence-corrected chi connectivity index (χ0v) is 17.7. The molecule has 8 heteroatoms. The van der Waals surface area contributed by atoms with Crippen LogP contribution >= 0.6 is 15.9 Å².